The first-order valence-electron chi connectivity index (χ1n) is 12.1. The van der Waals surface area contributed by atoms with Gasteiger partial charge in [-0.05, 0) is 77.2 Å². The number of nitrogens with zero attached hydrogens (tertiary/aromatic N) is 3. The maximum Gasteiger partial charge on any atom is 0.307 e. The second-order valence-corrected chi connectivity index (χ2v) is 10.3. The van der Waals surface area contributed by atoms with Crippen molar-refractivity contribution in [3.05, 3.63) is 87.7 Å². The van der Waals surface area contributed by atoms with E-state index >= 15 is 0 Å². The van der Waals surface area contributed by atoms with Crippen molar-refractivity contribution in [2.75, 3.05) is 0 Å². The highest BCUT2D eigenvalue weighted by Crippen LogP contribution is 2.39. The number of fused-ring (bicyclic) bond motifs is 1. The molecule has 2 aromatic heterocycles. The SMILES string of the molecule is Cc1ccc(COc2ccc3nc(C4CCCC[C@@H]4C(=O)O)n(Cc4ccc(Br)c(F)c4)c3c2)nc1. The number of hydrogen-bond donors (Lipinski definition) is 1. The predicted octanol–water partition coefficient (Wildman–Crippen LogP) is 6.63. The summed E-state index contributed by atoms with van der Waals surface area (Å²) in [5.41, 5.74) is 4.28. The van der Waals surface area contributed by atoms with E-state index in [1.54, 1.807) is 6.07 Å². The minimum absolute atomic E-state index is 0.204. The lowest BCUT2D eigenvalue weighted by atomic mass is 9.78. The summed E-state index contributed by atoms with van der Waals surface area (Å²) in [5, 5.41) is 9.91. The average Bonchev–Trinajstić information content (AvgIpc) is 3.23. The van der Waals surface area contributed by atoms with Crippen LogP contribution in [0.4, 0.5) is 4.39 Å². The van der Waals surface area contributed by atoms with Crippen LogP contribution in [0.15, 0.2) is 59.2 Å². The normalized spacial score (nSPS) is 17.9. The number of carboxylic acids is 1. The van der Waals surface area contributed by atoms with Gasteiger partial charge in [-0.25, -0.2) is 9.37 Å². The molecule has 1 N–H and O–H groups in total. The molecule has 1 saturated carbocycles. The summed E-state index contributed by atoms with van der Waals surface area (Å²) in [6, 6.07) is 14.7. The molecule has 0 bridgehead atoms. The van der Waals surface area contributed by atoms with Gasteiger partial charge in [0.2, 0.25) is 0 Å². The third-order valence-corrected chi connectivity index (χ3v) is 7.49. The van der Waals surface area contributed by atoms with E-state index in [0.717, 1.165) is 52.9 Å². The van der Waals surface area contributed by atoms with Crippen LogP contribution in [0.5, 0.6) is 5.75 Å². The van der Waals surface area contributed by atoms with Crippen molar-refractivity contribution in [3.63, 3.8) is 0 Å². The first-order chi connectivity index (χ1) is 17.4. The Bertz CT molecular complexity index is 1400. The Morgan fingerprint density at radius 3 is 2.75 bits per heavy atom. The monoisotopic (exact) mass is 551 g/mol. The average molecular weight is 552 g/mol. The van der Waals surface area contributed by atoms with Gasteiger partial charge in [-0.3, -0.25) is 9.78 Å². The van der Waals surface area contributed by atoms with Gasteiger partial charge in [0.05, 0.1) is 27.1 Å². The Morgan fingerprint density at radius 2 is 2.00 bits per heavy atom. The van der Waals surface area contributed by atoms with Crippen LogP contribution < -0.4 is 4.74 Å². The fourth-order valence-electron chi connectivity index (χ4n) is 4.96. The molecule has 2 heterocycles. The molecule has 4 aromatic rings. The first-order valence-corrected chi connectivity index (χ1v) is 12.9. The Morgan fingerprint density at radius 1 is 1.17 bits per heavy atom. The number of carboxylic acid groups (broad SMARTS) is 1. The molecule has 0 aliphatic heterocycles. The van der Waals surface area contributed by atoms with Crippen molar-refractivity contribution in [1.82, 2.24) is 14.5 Å². The highest BCUT2D eigenvalue weighted by Gasteiger charge is 2.35. The Kier molecular flexibility index (Phi) is 7.05. The van der Waals surface area contributed by atoms with Crippen LogP contribution in [0.3, 0.4) is 0 Å². The molecule has 1 unspecified atom stereocenters. The van der Waals surface area contributed by atoms with Gasteiger partial charge in [0.1, 0.15) is 24.0 Å². The van der Waals surface area contributed by atoms with E-state index in [-0.39, 0.29) is 11.7 Å². The summed E-state index contributed by atoms with van der Waals surface area (Å²) in [4.78, 5) is 21.4. The number of pyridine rings is 1. The number of aryl methyl sites for hydroxylation is 1. The smallest absolute Gasteiger partial charge is 0.307 e. The lowest BCUT2D eigenvalue weighted by Gasteiger charge is -2.28. The quantitative estimate of drug-likeness (QED) is 0.279. The molecular weight excluding hydrogens is 525 g/mol. The van der Waals surface area contributed by atoms with Gasteiger partial charge < -0.3 is 14.4 Å². The number of halogens is 2. The topological polar surface area (TPSA) is 77.2 Å². The van der Waals surface area contributed by atoms with Crippen LogP contribution in [-0.2, 0) is 17.9 Å². The summed E-state index contributed by atoms with van der Waals surface area (Å²) in [6.07, 6.45) is 5.06. The zero-order valence-electron chi connectivity index (χ0n) is 20.0. The summed E-state index contributed by atoms with van der Waals surface area (Å²) >= 11 is 3.22. The predicted molar refractivity (Wildman–Crippen MR) is 139 cm³/mol. The van der Waals surface area contributed by atoms with Gasteiger partial charge in [0, 0.05) is 24.7 Å². The van der Waals surface area contributed by atoms with Crippen LogP contribution in [0, 0.1) is 18.7 Å². The van der Waals surface area contributed by atoms with Crippen LogP contribution in [0.2, 0.25) is 0 Å². The summed E-state index contributed by atoms with van der Waals surface area (Å²) in [6.45, 7) is 2.69. The van der Waals surface area contributed by atoms with Crippen LogP contribution in [0.25, 0.3) is 11.0 Å². The van der Waals surface area contributed by atoms with E-state index in [2.05, 4.69) is 20.9 Å². The van der Waals surface area contributed by atoms with Gasteiger partial charge >= 0.3 is 5.97 Å². The number of hydrogen-bond acceptors (Lipinski definition) is 4. The van der Waals surface area contributed by atoms with Gasteiger partial charge in [0.25, 0.3) is 0 Å². The summed E-state index contributed by atoms with van der Waals surface area (Å²) in [5.74, 6) is -0.420. The van der Waals surface area contributed by atoms with Crippen LogP contribution in [0.1, 0.15) is 54.2 Å². The second-order valence-electron chi connectivity index (χ2n) is 9.41. The molecule has 1 fully saturated rings. The molecular formula is C28H27BrFN3O3. The molecule has 8 heteroatoms. The zero-order valence-corrected chi connectivity index (χ0v) is 21.5. The molecule has 0 saturated heterocycles. The fraction of sp³-hybridized carbons (Fsp3) is 0.321. The number of carbonyl (C=O) groups is 1. The molecule has 1 aliphatic carbocycles. The minimum Gasteiger partial charge on any atom is -0.487 e. The third kappa shape index (κ3) is 5.14. The van der Waals surface area contributed by atoms with E-state index in [0.29, 0.717) is 29.8 Å². The van der Waals surface area contributed by atoms with Crippen molar-refractivity contribution in [1.29, 1.82) is 0 Å². The Labute approximate surface area is 217 Å². The van der Waals surface area contributed by atoms with Gasteiger partial charge in [-0.2, -0.15) is 0 Å². The number of aromatic nitrogens is 3. The Hall–Kier alpha value is -3.26. The molecule has 2 atom stereocenters. The molecule has 2 aromatic carbocycles. The molecule has 0 amide bonds. The number of rotatable bonds is 7. The molecule has 186 valence electrons. The van der Waals surface area contributed by atoms with Gasteiger partial charge in [0.15, 0.2) is 0 Å². The van der Waals surface area contributed by atoms with E-state index in [1.165, 1.54) is 6.07 Å². The van der Waals surface area contributed by atoms with Crippen LogP contribution in [-0.4, -0.2) is 25.6 Å². The number of aliphatic carboxylic acids is 1. The van der Waals surface area contributed by atoms with Gasteiger partial charge in [-0.15, -0.1) is 0 Å². The van der Waals surface area contributed by atoms with E-state index in [9.17, 15) is 14.3 Å². The van der Waals surface area contributed by atoms with E-state index in [1.807, 2.05) is 54.1 Å². The van der Waals surface area contributed by atoms with Crippen LogP contribution >= 0.6 is 15.9 Å². The van der Waals surface area contributed by atoms with Crippen molar-refractivity contribution in [2.24, 2.45) is 5.92 Å². The standard InChI is InChI=1S/C28H27BrFN3O3/c1-17-6-8-19(31-14-17)16-36-20-9-11-25-26(13-20)33(15-18-7-10-23(29)24(30)12-18)27(32-25)21-4-2-3-5-22(21)28(34)35/h6-14,21-22H,2-5,15-16H2,1H3,(H,34,35)/t21?,22-/m0/s1. The summed E-state index contributed by atoms with van der Waals surface area (Å²) < 4.78 is 22.8. The van der Waals surface area contributed by atoms with Crippen molar-refractivity contribution in [2.45, 2.75) is 51.7 Å². The molecule has 0 radical (unpaired) electrons. The molecule has 0 spiro atoms. The zero-order chi connectivity index (χ0) is 25.2. The summed E-state index contributed by atoms with van der Waals surface area (Å²) in [7, 11) is 0. The lowest BCUT2D eigenvalue weighted by Crippen LogP contribution is -2.27. The maximum atomic E-state index is 14.3. The van der Waals surface area contributed by atoms with E-state index in [4.69, 9.17) is 9.72 Å². The molecule has 5 rings (SSSR count). The van der Waals surface area contributed by atoms with Crippen molar-refractivity contribution >= 4 is 32.9 Å². The van der Waals surface area contributed by atoms with E-state index < -0.39 is 11.9 Å². The van der Waals surface area contributed by atoms with Crippen molar-refractivity contribution in [3.8, 4) is 5.75 Å². The Balaban J connectivity index is 1.54. The largest absolute Gasteiger partial charge is 0.487 e. The van der Waals surface area contributed by atoms with Gasteiger partial charge in [-0.1, -0.05) is 25.0 Å². The lowest BCUT2D eigenvalue weighted by molar-refractivity contribution is -0.143. The fourth-order valence-corrected chi connectivity index (χ4v) is 5.20. The number of imidazole rings is 1. The third-order valence-electron chi connectivity index (χ3n) is 6.85. The number of ether oxygens (including phenoxy) is 1. The molecule has 6 nitrogen and oxygen atoms in total. The maximum absolute atomic E-state index is 14.3. The molecule has 36 heavy (non-hydrogen) atoms. The minimum atomic E-state index is -0.789. The molecule has 1 aliphatic rings. The van der Waals surface area contributed by atoms with Crippen molar-refractivity contribution < 1.29 is 19.0 Å². The highest BCUT2D eigenvalue weighted by molar-refractivity contribution is 9.10. The second kappa shape index (κ2) is 10.4. The first kappa shape index (κ1) is 24.4. The highest BCUT2D eigenvalue weighted by atomic mass is 79.9. The number of benzene rings is 2.